The number of alkyl halides is 2. The third kappa shape index (κ3) is 4.44. The molecule has 0 fully saturated rings. The number of hydrogen-bond acceptors (Lipinski definition) is 2. The minimum atomic E-state index is -0.367. The first kappa shape index (κ1) is 21.7. The monoisotopic (exact) mass is 554 g/mol. The van der Waals surface area contributed by atoms with Crippen molar-refractivity contribution in [2.45, 2.75) is 38.8 Å². The largest absolute Gasteiger partial charge is 0.361 e. The molecule has 0 radical (unpaired) electrons. The molecule has 6 heteroatoms. The highest BCUT2D eigenvalue weighted by atomic mass is 127. The highest BCUT2D eigenvalue weighted by Crippen LogP contribution is 2.33. The molecule has 2 heterocycles. The maximum atomic E-state index is 6.24. The van der Waals surface area contributed by atoms with Crippen LogP contribution >= 0.6 is 45.2 Å². The predicted molar refractivity (Wildman–Crippen MR) is 124 cm³/mol. The van der Waals surface area contributed by atoms with Gasteiger partial charge in [0.05, 0.1) is 0 Å². The summed E-state index contributed by atoms with van der Waals surface area (Å²) < 4.78 is 0. The fourth-order valence-corrected chi connectivity index (χ4v) is 2.81. The molecule has 0 bridgehead atoms. The van der Waals surface area contributed by atoms with Gasteiger partial charge in [0, 0.05) is 45.3 Å². The molecule has 0 aliphatic heterocycles. The van der Waals surface area contributed by atoms with Gasteiger partial charge < -0.3 is 21.4 Å². The molecule has 6 N–H and O–H groups in total. The molecule has 0 atom stereocenters. The Morgan fingerprint density at radius 1 is 0.708 bits per heavy atom. The average Bonchev–Trinajstić information content (AvgIpc) is 3.10. The number of halogens is 2. The summed E-state index contributed by atoms with van der Waals surface area (Å²) in [5, 5.41) is 2.32. The van der Waals surface area contributed by atoms with Gasteiger partial charge in [-0.1, -0.05) is 45.2 Å². The zero-order valence-corrected chi connectivity index (χ0v) is 19.5. The second kappa shape index (κ2) is 8.37. The summed E-state index contributed by atoms with van der Waals surface area (Å²) in [5.41, 5.74) is 16.2. The first-order valence-electron chi connectivity index (χ1n) is 7.64. The summed E-state index contributed by atoms with van der Waals surface area (Å²) in [6.07, 6.45) is 3.99. The van der Waals surface area contributed by atoms with Gasteiger partial charge in [-0.25, -0.2) is 0 Å². The Balaban J connectivity index is 0.000000671. The van der Waals surface area contributed by atoms with Crippen LogP contribution in [0.15, 0.2) is 24.5 Å². The molecule has 0 spiro atoms. The number of benzene rings is 1. The van der Waals surface area contributed by atoms with Gasteiger partial charge in [-0.2, -0.15) is 0 Å². The van der Waals surface area contributed by atoms with Crippen LogP contribution in [0.3, 0.4) is 0 Å². The molecule has 0 unspecified atom stereocenters. The lowest BCUT2D eigenvalue weighted by atomic mass is 9.92. The number of fused-ring (bicyclic) bond motifs is 2. The van der Waals surface area contributed by atoms with Crippen LogP contribution < -0.4 is 11.5 Å². The molecule has 1 aromatic carbocycles. The summed E-state index contributed by atoms with van der Waals surface area (Å²) in [4.78, 5) is 10.6. The number of hydrogen-bond donors (Lipinski definition) is 4. The summed E-state index contributed by atoms with van der Waals surface area (Å²) in [5.74, 6) is 0. The molecule has 2 aromatic heterocycles. The Labute approximate surface area is 171 Å². The van der Waals surface area contributed by atoms with Gasteiger partial charge in [-0.3, -0.25) is 0 Å². The zero-order chi connectivity index (χ0) is 18.7. The van der Waals surface area contributed by atoms with Gasteiger partial charge in [0.1, 0.15) is 0 Å². The van der Waals surface area contributed by atoms with E-state index >= 15 is 0 Å². The van der Waals surface area contributed by atoms with Crippen molar-refractivity contribution in [2.24, 2.45) is 11.5 Å². The van der Waals surface area contributed by atoms with Gasteiger partial charge in [0.25, 0.3) is 0 Å². The van der Waals surface area contributed by atoms with Crippen LogP contribution in [0.25, 0.3) is 21.8 Å². The van der Waals surface area contributed by atoms with E-state index in [9.17, 15) is 0 Å². The van der Waals surface area contributed by atoms with E-state index in [0.717, 1.165) is 32.9 Å². The van der Waals surface area contributed by atoms with Gasteiger partial charge in [-0.15, -0.1) is 0 Å². The molecule has 0 saturated heterocycles. The molecule has 24 heavy (non-hydrogen) atoms. The van der Waals surface area contributed by atoms with Gasteiger partial charge >= 0.3 is 0 Å². The predicted octanol–water partition coefficient (Wildman–Crippen LogP) is 5.14. The first-order valence-corrected chi connectivity index (χ1v) is 12.0. The van der Waals surface area contributed by atoms with Crippen LogP contribution in [0.5, 0.6) is 0 Å². The molecule has 0 saturated carbocycles. The maximum Gasteiger partial charge on any atom is 0.0465 e. The Hall–Kier alpha value is -0.320. The third-order valence-corrected chi connectivity index (χ3v) is 3.87. The van der Waals surface area contributed by atoms with Gasteiger partial charge in [0.15, 0.2) is 0 Å². The van der Waals surface area contributed by atoms with Crippen molar-refractivity contribution in [1.82, 2.24) is 9.97 Å². The highest BCUT2D eigenvalue weighted by molar-refractivity contribution is 14.1. The average molecular weight is 554 g/mol. The minimum Gasteiger partial charge on any atom is -0.361 e. The fraction of sp³-hybridized carbons (Fsp3) is 0.444. The molecule has 3 aromatic rings. The molecule has 0 aliphatic rings. The molecule has 3 rings (SSSR count). The van der Waals surface area contributed by atoms with Crippen LogP contribution in [-0.4, -0.2) is 19.8 Å². The number of nitrogens with one attached hydrogen (secondary N) is 2. The second-order valence-electron chi connectivity index (χ2n) is 6.79. The lowest BCUT2D eigenvalue weighted by molar-refractivity contribution is 0.559. The van der Waals surface area contributed by atoms with Crippen molar-refractivity contribution in [3.8, 4) is 0 Å². The third-order valence-electron chi connectivity index (χ3n) is 3.87. The Bertz CT molecular complexity index is 721. The van der Waals surface area contributed by atoms with Crippen molar-refractivity contribution in [1.29, 1.82) is 0 Å². The van der Waals surface area contributed by atoms with E-state index in [1.165, 1.54) is 0 Å². The zero-order valence-electron chi connectivity index (χ0n) is 15.2. The van der Waals surface area contributed by atoms with Crippen molar-refractivity contribution in [3.05, 3.63) is 35.7 Å². The van der Waals surface area contributed by atoms with Crippen molar-refractivity contribution in [2.75, 3.05) is 9.86 Å². The van der Waals surface area contributed by atoms with Crippen molar-refractivity contribution < 1.29 is 0 Å². The van der Waals surface area contributed by atoms with Crippen LogP contribution in [0.4, 0.5) is 0 Å². The second-order valence-corrected chi connectivity index (χ2v) is 6.79. The Morgan fingerprint density at radius 2 is 1.00 bits per heavy atom. The van der Waals surface area contributed by atoms with E-state index in [1.807, 2.05) is 49.9 Å². The summed E-state index contributed by atoms with van der Waals surface area (Å²) in [7, 11) is 0. The van der Waals surface area contributed by atoms with Crippen molar-refractivity contribution >= 4 is 67.0 Å². The SMILES string of the molecule is CC(C)(N)c1c[nH]c2cc3c(C(C)(C)N)c[nH]c3cc12.CI.CI. The lowest BCUT2D eigenvalue weighted by Gasteiger charge is -2.18. The Kier molecular flexibility index (Phi) is 7.58. The molecular formula is C18H28I2N4. The fourth-order valence-electron chi connectivity index (χ4n) is 2.81. The van der Waals surface area contributed by atoms with E-state index in [4.69, 9.17) is 11.5 Å². The number of H-pyrrole nitrogens is 2. The van der Waals surface area contributed by atoms with Crippen LogP contribution in [0, 0.1) is 0 Å². The highest BCUT2D eigenvalue weighted by Gasteiger charge is 2.22. The van der Waals surface area contributed by atoms with Crippen molar-refractivity contribution in [3.63, 3.8) is 0 Å². The summed E-state index contributed by atoms with van der Waals surface area (Å²) >= 11 is 4.30. The van der Waals surface area contributed by atoms with Crippen LogP contribution in [-0.2, 0) is 11.1 Å². The number of aromatic amines is 2. The van der Waals surface area contributed by atoms with Crippen LogP contribution in [0.2, 0.25) is 0 Å². The number of nitrogens with two attached hydrogens (primary N) is 2. The molecular weight excluding hydrogens is 526 g/mol. The normalized spacial score (nSPS) is 11.8. The van der Waals surface area contributed by atoms with E-state index in [0.29, 0.717) is 0 Å². The van der Waals surface area contributed by atoms with E-state index in [2.05, 4.69) is 67.3 Å². The standard InChI is InChI=1S/C16H22N4.2CH3I/c1-15(2,17)11-7-19-13-6-10-12(16(3,4)18)8-20-14(10)5-9(11)13;2*1-2/h5-8,19-20H,17-18H2,1-4H3;2*1H3. The number of aromatic nitrogens is 2. The topological polar surface area (TPSA) is 83.6 Å². The summed E-state index contributed by atoms with van der Waals surface area (Å²) in [6.45, 7) is 8.07. The van der Waals surface area contributed by atoms with Gasteiger partial charge in [-0.05, 0) is 60.8 Å². The Morgan fingerprint density at radius 3 is 1.25 bits per heavy atom. The van der Waals surface area contributed by atoms with Gasteiger partial charge in [0.2, 0.25) is 0 Å². The van der Waals surface area contributed by atoms with E-state index in [-0.39, 0.29) is 11.1 Å². The molecule has 134 valence electrons. The molecule has 0 amide bonds. The van der Waals surface area contributed by atoms with E-state index < -0.39 is 0 Å². The quantitative estimate of drug-likeness (QED) is 0.262. The minimum absolute atomic E-state index is 0.367. The maximum absolute atomic E-state index is 6.24. The first-order chi connectivity index (χ1) is 11.2. The van der Waals surface area contributed by atoms with Crippen LogP contribution in [0.1, 0.15) is 38.8 Å². The smallest absolute Gasteiger partial charge is 0.0465 e. The molecule has 0 aliphatic carbocycles. The lowest BCUT2D eigenvalue weighted by Crippen LogP contribution is -2.28. The molecule has 4 nitrogen and oxygen atoms in total. The summed E-state index contributed by atoms with van der Waals surface area (Å²) in [6, 6.07) is 4.31. The number of rotatable bonds is 2. The van der Waals surface area contributed by atoms with E-state index in [1.54, 1.807) is 0 Å².